The van der Waals surface area contributed by atoms with Gasteiger partial charge in [-0.05, 0) is 74.5 Å². The molecule has 0 heterocycles. The van der Waals surface area contributed by atoms with Crippen LogP contribution in [0.2, 0.25) is 0 Å². The molecule has 0 saturated heterocycles. The van der Waals surface area contributed by atoms with Gasteiger partial charge in [0.25, 0.3) is 0 Å². The first kappa shape index (κ1) is 26.8. The largest absolute Gasteiger partial charge is 0.391 e. The molecule has 0 bridgehead atoms. The van der Waals surface area contributed by atoms with Gasteiger partial charge in [-0.15, -0.1) is 0 Å². The fourth-order valence-corrected chi connectivity index (χ4v) is 6.38. The molecule has 0 nitrogen and oxygen atoms in total. The van der Waals surface area contributed by atoms with Gasteiger partial charge in [0.05, 0.1) is 5.92 Å². The Kier molecular flexibility index (Phi) is 11.5. The summed E-state index contributed by atoms with van der Waals surface area (Å²) in [6.45, 7) is 8.26. The zero-order chi connectivity index (χ0) is 22.9. The molecule has 0 aliphatic heterocycles. The first-order valence-corrected chi connectivity index (χ1v) is 13.5. The van der Waals surface area contributed by atoms with Gasteiger partial charge in [-0.25, -0.2) is 0 Å². The Morgan fingerprint density at radius 3 is 2.19 bits per heavy atom. The molecule has 0 spiro atoms. The maximum Gasteiger partial charge on any atom is 0.391 e. The van der Waals surface area contributed by atoms with Crippen molar-refractivity contribution in [2.45, 2.75) is 130 Å². The van der Waals surface area contributed by atoms with E-state index in [0.29, 0.717) is 12.3 Å². The Bertz CT molecular complexity index is 513. The number of allylic oxidation sites excluding steroid dienone is 2. The third-order valence-electron chi connectivity index (χ3n) is 8.70. The van der Waals surface area contributed by atoms with Crippen molar-refractivity contribution in [1.82, 2.24) is 0 Å². The van der Waals surface area contributed by atoms with Crippen molar-refractivity contribution in [1.29, 1.82) is 0 Å². The minimum atomic E-state index is -4.05. The molecular weight excluding hydrogens is 393 g/mol. The van der Waals surface area contributed by atoms with Crippen LogP contribution < -0.4 is 0 Å². The third kappa shape index (κ3) is 9.12. The molecule has 2 rings (SSSR count). The van der Waals surface area contributed by atoms with E-state index in [0.717, 1.165) is 30.1 Å². The summed E-state index contributed by atoms with van der Waals surface area (Å²) >= 11 is 0. The van der Waals surface area contributed by atoms with Gasteiger partial charge in [0, 0.05) is 0 Å². The van der Waals surface area contributed by atoms with Crippen LogP contribution >= 0.6 is 0 Å². The average Bonchev–Trinajstić information content (AvgIpc) is 2.75. The van der Waals surface area contributed by atoms with Crippen LogP contribution in [0.15, 0.2) is 11.6 Å². The highest BCUT2D eigenvalue weighted by molar-refractivity contribution is 5.08. The first-order valence-electron chi connectivity index (χ1n) is 13.5. The van der Waals surface area contributed by atoms with E-state index in [1.165, 1.54) is 89.5 Å². The summed E-state index contributed by atoms with van der Waals surface area (Å²) in [4.78, 5) is 0. The molecule has 2 aliphatic rings. The van der Waals surface area contributed by atoms with Crippen LogP contribution in [0.3, 0.4) is 0 Å². The molecule has 0 aromatic heterocycles. The molecular formula is C28H49F3. The molecule has 0 aromatic carbocycles. The minimum absolute atomic E-state index is 0.225. The summed E-state index contributed by atoms with van der Waals surface area (Å²) in [7, 11) is 0. The van der Waals surface area contributed by atoms with E-state index in [4.69, 9.17) is 0 Å². The minimum Gasteiger partial charge on any atom is -0.171 e. The Hall–Kier alpha value is -0.470. The Morgan fingerprint density at radius 1 is 0.903 bits per heavy atom. The molecule has 4 atom stereocenters. The van der Waals surface area contributed by atoms with E-state index in [-0.39, 0.29) is 6.42 Å². The fraction of sp³-hybridized carbons (Fsp3) is 0.929. The predicted octanol–water partition coefficient (Wildman–Crippen LogP) is 10.1. The highest BCUT2D eigenvalue weighted by Crippen LogP contribution is 2.41. The monoisotopic (exact) mass is 442 g/mol. The summed E-state index contributed by atoms with van der Waals surface area (Å²) in [6.07, 6.45) is 16.3. The fourth-order valence-electron chi connectivity index (χ4n) is 6.38. The Balaban J connectivity index is 1.74. The Morgan fingerprint density at radius 2 is 1.58 bits per heavy atom. The average molecular weight is 443 g/mol. The standard InChI is InChI=1S/C28H49F3/c1-5-9-21(3)26-18-16-23(17-19-26)14-15-24-11-8-13-27(20-24)25(6-2)12-7-10-22(4)28(29,30)31/h12,21-24,26-27H,5-11,13-20H2,1-4H3/b25-12+. The van der Waals surface area contributed by atoms with E-state index in [9.17, 15) is 13.2 Å². The van der Waals surface area contributed by atoms with Gasteiger partial charge < -0.3 is 0 Å². The lowest BCUT2D eigenvalue weighted by atomic mass is 9.71. The van der Waals surface area contributed by atoms with Crippen molar-refractivity contribution < 1.29 is 13.2 Å². The normalized spacial score (nSPS) is 30.2. The molecule has 2 saturated carbocycles. The molecule has 2 fully saturated rings. The van der Waals surface area contributed by atoms with Crippen molar-refractivity contribution in [3.05, 3.63) is 11.6 Å². The zero-order valence-electron chi connectivity index (χ0n) is 20.8. The van der Waals surface area contributed by atoms with Crippen LogP contribution in [0.5, 0.6) is 0 Å². The van der Waals surface area contributed by atoms with Gasteiger partial charge >= 0.3 is 6.18 Å². The summed E-state index contributed by atoms with van der Waals surface area (Å²) in [5, 5.41) is 0. The predicted molar refractivity (Wildman–Crippen MR) is 127 cm³/mol. The van der Waals surface area contributed by atoms with E-state index in [2.05, 4.69) is 26.8 Å². The van der Waals surface area contributed by atoms with Crippen LogP contribution in [0.1, 0.15) is 124 Å². The Labute approximate surface area is 190 Å². The van der Waals surface area contributed by atoms with Gasteiger partial charge in [-0.3, -0.25) is 0 Å². The number of alkyl halides is 3. The molecule has 0 radical (unpaired) electrons. The van der Waals surface area contributed by atoms with Gasteiger partial charge in [0.15, 0.2) is 0 Å². The van der Waals surface area contributed by atoms with Crippen molar-refractivity contribution >= 4 is 0 Å². The summed E-state index contributed by atoms with van der Waals surface area (Å²) in [6, 6.07) is 0. The SMILES string of the molecule is CCCC(C)C1CCC(CCC2CCCC(/C(=C/CCC(C)C(F)(F)F)CC)C2)CC1. The van der Waals surface area contributed by atoms with Crippen molar-refractivity contribution in [3.8, 4) is 0 Å². The maximum absolute atomic E-state index is 12.8. The number of hydrogen-bond acceptors (Lipinski definition) is 0. The molecule has 0 aromatic rings. The van der Waals surface area contributed by atoms with E-state index >= 15 is 0 Å². The van der Waals surface area contributed by atoms with E-state index in [1.807, 2.05) is 0 Å². The van der Waals surface area contributed by atoms with Gasteiger partial charge in [0.1, 0.15) is 0 Å². The van der Waals surface area contributed by atoms with Crippen LogP contribution in [0, 0.1) is 35.5 Å². The summed E-state index contributed by atoms with van der Waals surface area (Å²) in [5.41, 5.74) is 1.43. The van der Waals surface area contributed by atoms with Crippen molar-refractivity contribution in [3.63, 3.8) is 0 Å². The lowest BCUT2D eigenvalue weighted by molar-refractivity contribution is -0.170. The van der Waals surface area contributed by atoms with E-state index < -0.39 is 12.1 Å². The topological polar surface area (TPSA) is 0 Å². The molecule has 2 aliphatic carbocycles. The lowest BCUT2D eigenvalue weighted by Gasteiger charge is -2.34. The highest BCUT2D eigenvalue weighted by atomic mass is 19.4. The molecule has 0 N–H and O–H groups in total. The number of rotatable bonds is 11. The summed E-state index contributed by atoms with van der Waals surface area (Å²) < 4.78 is 38.3. The molecule has 182 valence electrons. The highest BCUT2D eigenvalue weighted by Gasteiger charge is 2.35. The number of halogens is 3. The van der Waals surface area contributed by atoms with E-state index in [1.54, 1.807) is 0 Å². The third-order valence-corrected chi connectivity index (χ3v) is 8.70. The molecule has 31 heavy (non-hydrogen) atoms. The van der Waals surface area contributed by atoms with Crippen LogP contribution in [0.4, 0.5) is 13.2 Å². The van der Waals surface area contributed by atoms with Crippen LogP contribution in [-0.2, 0) is 0 Å². The summed E-state index contributed by atoms with van der Waals surface area (Å²) in [5.74, 6) is 3.07. The second-order valence-electron chi connectivity index (χ2n) is 11.0. The second-order valence-corrected chi connectivity index (χ2v) is 11.0. The molecule has 0 amide bonds. The van der Waals surface area contributed by atoms with Gasteiger partial charge in [-0.1, -0.05) is 90.7 Å². The smallest absolute Gasteiger partial charge is 0.171 e. The number of hydrogen-bond donors (Lipinski definition) is 0. The molecule has 3 heteroatoms. The second kappa shape index (κ2) is 13.3. The van der Waals surface area contributed by atoms with Crippen LogP contribution in [-0.4, -0.2) is 6.18 Å². The van der Waals surface area contributed by atoms with Gasteiger partial charge in [-0.2, -0.15) is 13.2 Å². The lowest BCUT2D eigenvalue weighted by Crippen LogP contribution is -2.22. The molecule has 4 unspecified atom stereocenters. The van der Waals surface area contributed by atoms with Gasteiger partial charge in [0.2, 0.25) is 0 Å². The quantitative estimate of drug-likeness (QED) is 0.279. The first-order chi connectivity index (χ1) is 14.7. The zero-order valence-corrected chi connectivity index (χ0v) is 20.8. The van der Waals surface area contributed by atoms with Crippen molar-refractivity contribution in [2.75, 3.05) is 0 Å². The van der Waals surface area contributed by atoms with Crippen LogP contribution in [0.25, 0.3) is 0 Å². The maximum atomic E-state index is 12.8. The van der Waals surface area contributed by atoms with Crippen molar-refractivity contribution in [2.24, 2.45) is 35.5 Å².